The first kappa shape index (κ1) is 11.6. The number of hydrogen-bond donors (Lipinski definition) is 2. The van der Waals surface area contributed by atoms with E-state index >= 15 is 0 Å². The fourth-order valence-electron chi connectivity index (χ4n) is 2.42. The van der Waals surface area contributed by atoms with E-state index in [0.29, 0.717) is 18.4 Å². The van der Waals surface area contributed by atoms with Crippen molar-refractivity contribution in [1.82, 2.24) is 0 Å². The van der Waals surface area contributed by atoms with Gasteiger partial charge in [0.2, 0.25) is 5.91 Å². The van der Waals surface area contributed by atoms with E-state index in [1.165, 1.54) is 6.07 Å². The Hall–Kier alpha value is -1.91. The lowest BCUT2D eigenvalue weighted by atomic mass is 9.82. The minimum atomic E-state index is -1.12. The number of carbonyl (C=O) groups is 2. The topological polar surface area (TPSA) is 80.4 Å². The van der Waals surface area contributed by atoms with Gasteiger partial charge in [0.1, 0.15) is 5.82 Å². The van der Waals surface area contributed by atoms with E-state index in [0.717, 1.165) is 6.07 Å². The molecule has 1 amide bonds. The highest BCUT2D eigenvalue weighted by molar-refractivity contribution is 5.93. The van der Waals surface area contributed by atoms with Crippen LogP contribution in [0.2, 0.25) is 0 Å². The Morgan fingerprint density at radius 3 is 2.65 bits per heavy atom. The van der Waals surface area contributed by atoms with Crippen LogP contribution in [0.1, 0.15) is 34.8 Å². The van der Waals surface area contributed by atoms with Crippen molar-refractivity contribution < 1.29 is 19.1 Å². The van der Waals surface area contributed by atoms with Crippen LogP contribution in [0.5, 0.6) is 0 Å². The second kappa shape index (κ2) is 3.55. The van der Waals surface area contributed by atoms with Crippen molar-refractivity contribution in [2.24, 2.45) is 5.73 Å². The van der Waals surface area contributed by atoms with Crippen LogP contribution in [0, 0.1) is 5.82 Å². The summed E-state index contributed by atoms with van der Waals surface area (Å²) in [6, 6.07) is 2.30. The van der Waals surface area contributed by atoms with E-state index in [9.17, 15) is 14.0 Å². The van der Waals surface area contributed by atoms with Crippen molar-refractivity contribution in [3.05, 3.63) is 34.6 Å². The summed E-state index contributed by atoms with van der Waals surface area (Å²) in [5, 5.41) is 9.01. The molecule has 0 saturated carbocycles. The molecule has 3 N–H and O–H groups in total. The molecule has 4 nitrogen and oxygen atoms in total. The molecule has 90 valence electrons. The molecule has 0 saturated heterocycles. The number of carbonyl (C=O) groups excluding carboxylic acids is 1. The molecule has 0 bridgehead atoms. The number of hydrogen-bond acceptors (Lipinski definition) is 2. The summed E-state index contributed by atoms with van der Waals surface area (Å²) >= 11 is 0. The molecule has 0 aliphatic heterocycles. The number of rotatable bonds is 2. The van der Waals surface area contributed by atoms with Gasteiger partial charge in [-0.25, -0.2) is 9.18 Å². The first-order valence-corrected chi connectivity index (χ1v) is 5.23. The Kier molecular flexibility index (Phi) is 2.41. The van der Waals surface area contributed by atoms with Gasteiger partial charge in [-0.2, -0.15) is 0 Å². The molecule has 1 aromatic carbocycles. The lowest BCUT2D eigenvalue weighted by Crippen LogP contribution is -2.37. The van der Waals surface area contributed by atoms with E-state index in [1.54, 1.807) is 6.92 Å². The Morgan fingerprint density at radius 2 is 2.12 bits per heavy atom. The molecule has 1 aromatic rings. The quantitative estimate of drug-likeness (QED) is 0.811. The number of carboxylic acid groups (broad SMARTS) is 1. The number of amides is 1. The summed E-state index contributed by atoms with van der Waals surface area (Å²) in [4.78, 5) is 22.4. The van der Waals surface area contributed by atoms with Crippen molar-refractivity contribution in [1.29, 1.82) is 0 Å². The monoisotopic (exact) mass is 237 g/mol. The Balaban J connectivity index is 2.72. The van der Waals surface area contributed by atoms with Crippen molar-refractivity contribution in [2.45, 2.75) is 25.2 Å². The van der Waals surface area contributed by atoms with Gasteiger partial charge in [-0.3, -0.25) is 4.79 Å². The van der Waals surface area contributed by atoms with Crippen LogP contribution in [-0.4, -0.2) is 17.0 Å². The maximum absolute atomic E-state index is 13.8. The molecule has 5 heteroatoms. The average molecular weight is 237 g/mol. The average Bonchev–Trinajstić information content (AvgIpc) is 2.59. The molecule has 0 radical (unpaired) electrons. The highest BCUT2D eigenvalue weighted by Crippen LogP contribution is 2.41. The van der Waals surface area contributed by atoms with E-state index in [1.807, 2.05) is 0 Å². The zero-order valence-electron chi connectivity index (χ0n) is 9.29. The summed E-state index contributed by atoms with van der Waals surface area (Å²) in [7, 11) is 0. The number of fused-ring (bicyclic) bond motifs is 1. The van der Waals surface area contributed by atoms with Crippen molar-refractivity contribution >= 4 is 11.9 Å². The van der Waals surface area contributed by atoms with E-state index < -0.39 is 23.1 Å². The molecule has 2 rings (SSSR count). The summed E-state index contributed by atoms with van der Waals surface area (Å²) in [5.41, 5.74) is 4.76. The largest absolute Gasteiger partial charge is 0.478 e. The standard InChI is InChI=1S/C12H12FNO3/c1-12(11(14)17)5-4-6-7(10(15)16)2-3-8(13)9(6)12/h2-3H,4-5H2,1H3,(H2,14,17)(H,15,16). The van der Waals surface area contributed by atoms with Crippen molar-refractivity contribution in [3.63, 3.8) is 0 Å². The van der Waals surface area contributed by atoms with Crippen molar-refractivity contribution in [3.8, 4) is 0 Å². The van der Waals surface area contributed by atoms with Gasteiger partial charge in [0.25, 0.3) is 0 Å². The molecule has 0 spiro atoms. The van der Waals surface area contributed by atoms with Crippen LogP contribution in [0.3, 0.4) is 0 Å². The number of halogens is 1. The van der Waals surface area contributed by atoms with Gasteiger partial charge in [0.15, 0.2) is 0 Å². The molecular weight excluding hydrogens is 225 g/mol. The van der Waals surface area contributed by atoms with Crippen LogP contribution in [0.15, 0.2) is 12.1 Å². The van der Waals surface area contributed by atoms with Gasteiger partial charge in [0, 0.05) is 5.56 Å². The van der Waals surface area contributed by atoms with E-state index in [2.05, 4.69) is 0 Å². The molecule has 17 heavy (non-hydrogen) atoms. The summed E-state index contributed by atoms with van der Waals surface area (Å²) in [6.45, 7) is 1.55. The number of aromatic carboxylic acids is 1. The predicted octanol–water partition coefficient (Wildman–Crippen LogP) is 1.21. The first-order chi connectivity index (χ1) is 7.88. The van der Waals surface area contributed by atoms with Crippen molar-refractivity contribution in [2.75, 3.05) is 0 Å². The molecule has 1 unspecified atom stereocenters. The minimum absolute atomic E-state index is 0.0476. The van der Waals surface area contributed by atoms with Crippen LogP contribution in [0.25, 0.3) is 0 Å². The molecule has 0 heterocycles. The maximum Gasteiger partial charge on any atom is 0.335 e. The molecular formula is C12H12FNO3. The van der Waals surface area contributed by atoms with Crippen LogP contribution in [0.4, 0.5) is 4.39 Å². The second-order valence-electron chi connectivity index (χ2n) is 4.45. The van der Waals surface area contributed by atoms with Gasteiger partial charge in [-0.1, -0.05) is 0 Å². The predicted molar refractivity (Wildman–Crippen MR) is 58.2 cm³/mol. The SMILES string of the molecule is CC1(C(N)=O)CCc2c(C(=O)O)ccc(F)c21. The number of nitrogens with two attached hydrogens (primary N) is 1. The summed E-state index contributed by atoms with van der Waals surface area (Å²) in [5.74, 6) is -2.31. The van der Waals surface area contributed by atoms with Crippen LogP contribution >= 0.6 is 0 Å². The molecule has 1 aliphatic rings. The zero-order valence-corrected chi connectivity index (χ0v) is 9.29. The normalized spacial score (nSPS) is 22.2. The first-order valence-electron chi connectivity index (χ1n) is 5.23. The lowest BCUT2D eigenvalue weighted by Gasteiger charge is -2.21. The highest BCUT2D eigenvalue weighted by Gasteiger charge is 2.43. The number of primary amides is 1. The highest BCUT2D eigenvalue weighted by atomic mass is 19.1. The molecule has 0 fully saturated rings. The third kappa shape index (κ3) is 1.50. The van der Waals surface area contributed by atoms with E-state index in [4.69, 9.17) is 10.8 Å². The summed E-state index contributed by atoms with van der Waals surface area (Å²) in [6.07, 6.45) is 0.701. The van der Waals surface area contributed by atoms with Gasteiger partial charge >= 0.3 is 5.97 Å². The second-order valence-corrected chi connectivity index (χ2v) is 4.45. The van der Waals surface area contributed by atoms with Gasteiger partial charge in [-0.05, 0) is 37.5 Å². The van der Waals surface area contributed by atoms with Gasteiger partial charge in [0.05, 0.1) is 11.0 Å². The smallest absolute Gasteiger partial charge is 0.335 e. The minimum Gasteiger partial charge on any atom is -0.478 e. The number of benzene rings is 1. The number of carboxylic acids is 1. The Bertz CT molecular complexity index is 527. The molecule has 0 aromatic heterocycles. The Morgan fingerprint density at radius 1 is 1.47 bits per heavy atom. The van der Waals surface area contributed by atoms with Crippen LogP contribution < -0.4 is 5.73 Å². The third-order valence-electron chi connectivity index (χ3n) is 3.46. The summed E-state index contributed by atoms with van der Waals surface area (Å²) < 4.78 is 13.8. The third-order valence-corrected chi connectivity index (χ3v) is 3.46. The van der Waals surface area contributed by atoms with Gasteiger partial charge in [-0.15, -0.1) is 0 Å². The van der Waals surface area contributed by atoms with E-state index in [-0.39, 0.29) is 11.1 Å². The fourth-order valence-corrected chi connectivity index (χ4v) is 2.42. The maximum atomic E-state index is 13.8. The zero-order chi connectivity index (χ0) is 12.8. The fraction of sp³-hybridized carbons (Fsp3) is 0.333. The van der Waals surface area contributed by atoms with Gasteiger partial charge < -0.3 is 10.8 Å². The molecule has 1 atom stereocenters. The molecule has 1 aliphatic carbocycles. The lowest BCUT2D eigenvalue weighted by molar-refractivity contribution is -0.123. The van der Waals surface area contributed by atoms with Crippen LogP contribution in [-0.2, 0) is 16.6 Å². The Labute approximate surface area is 97.2 Å².